The molecule has 0 saturated carbocycles. The average Bonchev–Trinajstić information content (AvgIpc) is 3.16. The molecule has 0 fully saturated rings. The first-order chi connectivity index (χ1) is 10.7. The number of amides is 1. The van der Waals surface area contributed by atoms with Gasteiger partial charge in [-0.15, -0.1) is 0 Å². The highest BCUT2D eigenvalue weighted by Gasteiger charge is 2.25. The fraction of sp³-hybridized carbons (Fsp3) is 0.533. The number of nitrogens with zero attached hydrogens (tertiary/aromatic N) is 5. The monoisotopic (exact) mass is 305 g/mol. The fourth-order valence-corrected chi connectivity index (χ4v) is 2.39. The number of hydrogen-bond acceptors (Lipinski definition) is 4. The van der Waals surface area contributed by atoms with Gasteiger partial charge in [-0.25, -0.2) is 0 Å². The molecule has 7 nitrogen and oxygen atoms in total. The summed E-state index contributed by atoms with van der Waals surface area (Å²) in [5.74, 6) is 0.0482. The van der Waals surface area contributed by atoms with Gasteiger partial charge in [0.2, 0.25) is 5.91 Å². The predicted octanol–water partition coefficient (Wildman–Crippen LogP) is 1.24. The van der Waals surface area contributed by atoms with Crippen LogP contribution in [0.15, 0.2) is 30.9 Å². The van der Waals surface area contributed by atoms with Crippen LogP contribution in [0.2, 0.25) is 0 Å². The normalized spacial score (nSPS) is 12.3. The Labute approximate surface area is 130 Å². The van der Waals surface area contributed by atoms with Crippen molar-refractivity contribution in [2.75, 3.05) is 20.3 Å². The van der Waals surface area contributed by atoms with Gasteiger partial charge in [0, 0.05) is 51.4 Å². The van der Waals surface area contributed by atoms with Crippen LogP contribution in [0.25, 0.3) is 0 Å². The zero-order chi connectivity index (χ0) is 15.9. The first-order valence-electron chi connectivity index (χ1n) is 7.40. The van der Waals surface area contributed by atoms with Gasteiger partial charge in [0.05, 0.1) is 12.8 Å². The number of hydrogen-bond donors (Lipinski definition) is 0. The molecule has 0 saturated heterocycles. The van der Waals surface area contributed by atoms with E-state index in [-0.39, 0.29) is 11.9 Å². The minimum Gasteiger partial charge on any atom is -0.383 e. The molecule has 1 atom stereocenters. The van der Waals surface area contributed by atoms with Crippen LogP contribution in [0.1, 0.15) is 24.9 Å². The van der Waals surface area contributed by atoms with Gasteiger partial charge in [-0.2, -0.15) is 10.2 Å². The van der Waals surface area contributed by atoms with E-state index >= 15 is 0 Å². The van der Waals surface area contributed by atoms with Crippen LogP contribution in [0.3, 0.4) is 0 Å². The molecular weight excluding hydrogens is 282 g/mol. The van der Waals surface area contributed by atoms with Crippen molar-refractivity contribution >= 4 is 5.91 Å². The third-order valence-corrected chi connectivity index (χ3v) is 3.52. The molecule has 0 bridgehead atoms. The Bertz CT molecular complexity index is 579. The maximum absolute atomic E-state index is 12.9. The van der Waals surface area contributed by atoms with Gasteiger partial charge in [-0.1, -0.05) is 6.92 Å². The third-order valence-electron chi connectivity index (χ3n) is 3.52. The summed E-state index contributed by atoms with van der Waals surface area (Å²) in [7, 11) is 3.50. The summed E-state index contributed by atoms with van der Waals surface area (Å²) in [4.78, 5) is 14.7. The molecule has 0 aliphatic heterocycles. The summed E-state index contributed by atoms with van der Waals surface area (Å²) in [6, 6.07) is 1.54. The Morgan fingerprint density at radius 1 is 1.45 bits per heavy atom. The van der Waals surface area contributed by atoms with Crippen LogP contribution < -0.4 is 0 Å². The quantitative estimate of drug-likeness (QED) is 0.736. The van der Waals surface area contributed by atoms with Crippen molar-refractivity contribution in [1.29, 1.82) is 0 Å². The summed E-state index contributed by atoms with van der Waals surface area (Å²) in [5.41, 5.74) is 1.00. The highest BCUT2D eigenvalue weighted by atomic mass is 16.5. The molecule has 0 spiro atoms. The van der Waals surface area contributed by atoms with Gasteiger partial charge < -0.3 is 9.64 Å². The van der Waals surface area contributed by atoms with E-state index in [4.69, 9.17) is 4.74 Å². The molecule has 120 valence electrons. The molecule has 1 amide bonds. The van der Waals surface area contributed by atoms with E-state index in [2.05, 4.69) is 10.2 Å². The van der Waals surface area contributed by atoms with Gasteiger partial charge in [-0.3, -0.25) is 14.2 Å². The second-order valence-electron chi connectivity index (χ2n) is 5.18. The summed E-state index contributed by atoms with van der Waals surface area (Å²) in [6.45, 7) is 3.56. The first kappa shape index (κ1) is 16.2. The summed E-state index contributed by atoms with van der Waals surface area (Å²) >= 11 is 0. The van der Waals surface area contributed by atoms with Crippen LogP contribution in [0.4, 0.5) is 0 Å². The smallest absolute Gasteiger partial charge is 0.247 e. The molecular formula is C15H23N5O2. The maximum atomic E-state index is 12.9. The second kappa shape index (κ2) is 7.74. The SMILES string of the molecule is CC[C@H](C(=O)N(CCOC)Cc1cnn(C)c1)n1cccn1. The topological polar surface area (TPSA) is 65.2 Å². The zero-order valence-electron chi connectivity index (χ0n) is 13.3. The van der Waals surface area contributed by atoms with E-state index in [9.17, 15) is 4.79 Å². The Morgan fingerprint density at radius 3 is 2.82 bits per heavy atom. The lowest BCUT2D eigenvalue weighted by molar-refractivity contribution is -0.136. The van der Waals surface area contributed by atoms with E-state index in [1.807, 2.05) is 32.4 Å². The lowest BCUT2D eigenvalue weighted by Crippen LogP contribution is -2.38. The molecule has 22 heavy (non-hydrogen) atoms. The third kappa shape index (κ3) is 3.94. The lowest BCUT2D eigenvalue weighted by atomic mass is 10.2. The summed E-state index contributed by atoms with van der Waals surface area (Å²) in [5, 5.41) is 8.36. The number of ether oxygens (including phenoxy) is 1. The average molecular weight is 305 g/mol. The number of methoxy groups -OCH3 is 1. The van der Waals surface area contributed by atoms with Crippen molar-refractivity contribution in [1.82, 2.24) is 24.5 Å². The largest absolute Gasteiger partial charge is 0.383 e. The van der Waals surface area contributed by atoms with Crippen LogP contribution in [-0.2, 0) is 23.1 Å². The number of rotatable bonds is 8. The molecule has 0 unspecified atom stereocenters. The van der Waals surface area contributed by atoms with Gasteiger partial charge in [0.1, 0.15) is 6.04 Å². The van der Waals surface area contributed by atoms with Gasteiger partial charge in [0.25, 0.3) is 0 Å². The second-order valence-corrected chi connectivity index (χ2v) is 5.18. The molecule has 2 aromatic rings. The summed E-state index contributed by atoms with van der Waals surface area (Å²) < 4.78 is 8.58. The Balaban J connectivity index is 2.14. The highest BCUT2D eigenvalue weighted by molar-refractivity contribution is 5.80. The van der Waals surface area contributed by atoms with Crippen molar-refractivity contribution in [2.45, 2.75) is 25.9 Å². The molecule has 7 heteroatoms. The van der Waals surface area contributed by atoms with E-state index < -0.39 is 0 Å². The molecule has 2 rings (SSSR count). The van der Waals surface area contributed by atoms with Gasteiger partial charge in [-0.05, 0) is 12.5 Å². The van der Waals surface area contributed by atoms with E-state index in [1.54, 1.807) is 33.8 Å². The Hall–Kier alpha value is -2.15. The highest BCUT2D eigenvalue weighted by Crippen LogP contribution is 2.16. The molecule has 0 aliphatic carbocycles. The number of carbonyl (C=O) groups is 1. The number of carbonyl (C=O) groups excluding carboxylic acids is 1. The van der Waals surface area contributed by atoms with Crippen molar-refractivity contribution in [3.63, 3.8) is 0 Å². The first-order valence-corrected chi connectivity index (χ1v) is 7.40. The van der Waals surface area contributed by atoms with Gasteiger partial charge >= 0.3 is 0 Å². The maximum Gasteiger partial charge on any atom is 0.247 e. The van der Waals surface area contributed by atoms with Gasteiger partial charge in [0.15, 0.2) is 0 Å². The minimum atomic E-state index is -0.288. The van der Waals surface area contributed by atoms with Crippen LogP contribution >= 0.6 is 0 Å². The van der Waals surface area contributed by atoms with Crippen LogP contribution in [-0.4, -0.2) is 50.6 Å². The van der Waals surface area contributed by atoms with E-state index in [0.29, 0.717) is 26.1 Å². The molecule has 2 heterocycles. The summed E-state index contributed by atoms with van der Waals surface area (Å²) in [6.07, 6.45) is 7.90. The Kier molecular flexibility index (Phi) is 5.71. The molecule has 0 aliphatic rings. The van der Waals surface area contributed by atoms with Crippen LogP contribution in [0, 0.1) is 0 Å². The van der Waals surface area contributed by atoms with Crippen LogP contribution in [0.5, 0.6) is 0 Å². The Morgan fingerprint density at radius 2 is 2.27 bits per heavy atom. The van der Waals surface area contributed by atoms with Crippen molar-refractivity contribution in [2.24, 2.45) is 7.05 Å². The van der Waals surface area contributed by atoms with E-state index in [0.717, 1.165) is 5.56 Å². The van der Waals surface area contributed by atoms with Crippen molar-refractivity contribution in [3.8, 4) is 0 Å². The fourth-order valence-electron chi connectivity index (χ4n) is 2.39. The number of aryl methyl sites for hydroxylation is 1. The van der Waals surface area contributed by atoms with E-state index in [1.165, 1.54) is 0 Å². The van der Waals surface area contributed by atoms with Crippen molar-refractivity contribution < 1.29 is 9.53 Å². The number of aromatic nitrogens is 4. The molecule has 2 aromatic heterocycles. The lowest BCUT2D eigenvalue weighted by Gasteiger charge is -2.26. The van der Waals surface area contributed by atoms with Crippen molar-refractivity contribution in [3.05, 3.63) is 36.4 Å². The zero-order valence-corrected chi connectivity index (χ0v) is 13.3. The minimum absolute atomic E-state index is 0.0482. The molecule has 0 aromatic carbocycles. The predicted molar refractivity (Wildman–Crippen MR) is 82.1 cm³/mol. The standard InChI is InChI=1S/C15H23N5O2/c1-4-14(20-7-5-6-16-20)15(21)19(8-9-22-3)12-13-10-17-18(2)11-13/h5-7,10-11,14H,4,8-9,12H2,1-3H3/t14-/m1/s1. The molecule has 0 N–H and O–H groups in total. The molecule has 0 radical (unpaired) electrons.